The normalized spacial score (nSPS) is 12.3. The number of ether oxygens (including phenoxy) is 1. The molecule has 4 rings (SSSR count). The predicted molar refractivity (Wildman–Crippen MR) is 126 cm³/mol. The lowest BCUT2D eigenvalue weighted by Gasteiger charge is -2.28. The number of rotatable bonds is 8. The van der Waals surface area contributed by atoms with E-state index in [9.17, 15) is 8.42 Å². The fourth-order valence-corrected chi connectivity index (χ4v) is 4.33. The van der Waals surface area contributed by atoms with E-state index in [1.165, 1.54) is 0 Å². The summed E-state index contributed by atoms with van der Waals surface area (Å²) in [5.41, 5.74) is 3.52. The number of methoxy groups -OCH3 is 1. The molecule has 0 saturated heterocycles. The van der Waals surface area contributed by atoms with E-state index in [2.05, 4.69) is 19.7 Å². The highest BCUT2D eigenvalue weighted by atomic mass is 32.2. The lowest BCUT2D eigenvalue weighted by Crippen LogP contribution is -2.17. The van der Waals surface area contributed by atoms with Crippen molar-refractivity contribution in [1.82, 2.24) is 19.9 Å². The van der Waals surface area contributed by atoms with Gasteiger partial charge in [0.15, 0.2) is 0 Å². The summed E-state index contributed by atoms with van der Waals surface area (Å²) in [7, 11) is -1.92. The second-order valence-electron chi connectivity index (χ2n) is 7.48. The Bertz CT molecular complexity index is 1280. The number of pyridine rings is 4. The molecule has 4 aromatic heterocycles. The minimum atomic E-state index is -3.49. The minimum Gasteiger partial charge on any atom is -0.481 e. The Morgan fingerprint density at radius 3 is 2.12 bits per heavy atom. The molecule has 0 aliphatic carbocycles. The first-order valence-corrected chi connectivity index (χ1v) is 12.1. The van der Waals surface area contributed by atoms with E-state index < -0.39 is 10.0 Å². The summed E-state index contributed by atoms with van der Waals surface area (Å²) < 4.78 is 31.5. The molecule has 9 heteroatoms. The molecular formula is C24H23N5O3S. The van der Waals surface area contributed by atoms with Gasteiger partial charge in [-0.2, -0.15) is 0 Å². The molecule has 1 N–H and O–H groups in total. The third kappa shape index (κ3) is 5.50. The number of hydrogen-bond donors (Lipinski definition) is 1. The van der Waals surface area contributed by atoms with E-state index in [0.717, 1.165) is 28.6 Å². The van der Waals surface area contributed by atoms with Gasteiger partial charge in [0.1, 0.15) is 5.82 Å². The number of hydrogen-bond acceptors (Lipinski definition) is 7. The molecule has 4 heterocycles. The van der Waals surface area contributed by atoms with Crippen LogP contribution in [-0.2, 0) is 10.0 Å². The second-order valence-corrected chi connectivity index (χ2v) is 9.23. The van der Waals surface area contributed by atoms with Crippen LogP contribution in [0.15, 0.2) is 85.6 Å². The molecular weight excluding hydrogens is 438 g/mol. The summed E-state index contributed by atoms with van der Waals surface area (Å²) in [6, 6.07) is 17.0. The topological polar surface area (TPSA) is 107 Å². The number of nitrogens with zero attached hydrogens (tertiary/aromatic N) is 4. The molecule has 0 spiro atoms. The molecule has 0 aliphatic heterocycles. The van der Waals surface area contributed by atoms with Gasteiger partial charge in [0.2, 0.25) is 15.9 Å². The zero-order valence-corrected chi connectivity index (χ0v) is 19.0. The van der Waals surface area contributed by atoms with Crippen molar-refractivity contribution in [3.8, 4) is 5.88 Å². The molecule has 0 aromatic carbocycles. The fourth-order valence-electron chi connectivity index (χ4n) is 3.83. The van der Waals surface area contributed by atoms with Crippen LogP contribution >= 0.6 is 0 Å². The molecule has 0 fully saturated rings. The predicted octanol–water partition coefficient (Wildman–Crippen LogP) is 3.61. The molecule has 8 nitrogen and oxygen atoms in total. The molecule has 168 valence electrons. The molecule has 4 aromatic rings. The lowest BCUT2D eigenvalue weighted by atomic mass is 9.76. The maximum atomic E-state index is 11.8. The van der Waals surface area contributed by atoms with Gasteiger partial charge in [-0.15, -0.1) is 0 Å². The van der Waals surface area contributed by atoms with Crippen LogP contribution in [0.3, 0.4) is 0 Å². The standard InChI is InChI=1S/C24H23N5O3S/c1-32-22-9-3-8-20(28-22)24(17-10-13-27-21(14-17)29-33(2,30)31)23(18-6-4-11-25-15-18)19-7-5-12-26-16-19/h3-16,23-24H,1-2H3,(H,27,29). The summed E-state index contributed by atoms with van der Waals surface area (Å²) >= 11 is 0. The summed E-state index contributed by atoms with van der Waals surface area (Å²) in [5.74, 6) is 0.202. The van der Waals surface area contributed by atoms with Crippen molar-refractivity contribution in [3.63, 3.8) is 0 Å². The van der Waals surface area contributed by atoms with Gasteiger partial charge in [-0.05, 0) is 47.0 Å². The van der Waals surface area contributed by atoms with Crippen LogP contribution in [-0.4, -0.2) is 41.7 Å². The van der Waals surface area contributed by atoms with Crippen molar-refractivity contribution >= 4 is 15.8 Å². The van der Waals surface area contributed by atoms with Gasteiger partial charge in [-0.1, -0.05) is 18.2 Å². The van der Waals surface area contributed by atoms with Crippen LogP contribution in [0.1, 0.15) is 34.2 Å². The quantitative estimate of drug-likeness (QED) is 0.427. The number of sulfonamides is 1. The maximum absolute atomic E-state index is 11.8. The third-order valence-corrected chi connectivity index (χ3v) is 5.71. The summed E-state index contributed by atoms with van der Waals surface area (Å²) in [6.07, 6.45) is 9.77. The number of aromatic nitrogens is 4. The highest BCUT2D eigenvalue weighted by molar-refractivity contribution is 7.92. The van der Waals surface area contributed by atoms with Gasteiger partial charge >= 0.3 is 0 Å². The molecule has 0 radical (unpaired) electrons. The van der Waals surface area contributed by atoms with Gasteiger partial charge in [0, 0.05) is 48.9 Å². The zero-order chi connectivity index (χ0) is 23.3. The zero-order valence-electron chi connectivity index (χ0n) is 18.2. The Balaban J connectivity index is 1.94. The highest BCUT2D eigenvalue weighted by Crippen LogP contribution is 2.42. The third-order valence-electron chi connectivity index (χ3n) is 5.13. The number of anilines is 1. The lowest BCUT2D eigenvalue weighted by molar-refractivity contribution is 0.395. The van der Waals surface area contributed by atoms with Crippen LogP contribution in [0.25, 0.3) is 0 Å². The highest BCUT2D eigenvalue weighted by Gasteiger charge is 2.30. The van der Waals surface area contributed by atoms with Crippen molar-refractivity contribution in [2.24, 2.45) is 0 Å². The van der Waals surface area contributed by atoms with Crippen LogP contribution in [0, 0.1) is 0 Å². The first-order chi connectivity index (χ1) is 15.9. The molecule has 33 heavy (non-hydrogen) atoms. The van der Waals surface area contributed by atoms with E-state index in [4.69, 9.17) is 9.72 Å². The Morgan fingerprint density at radius 1 is 0.848 bits per heavy atom. The maximum Gasteiger partial charge on any atom is 0.230 e. The molecule has 0 aliphatic rings. The van der Waals surface area contributed by atoms with Crippen LogP contribution in [0.5, 0.6) is 5.88 Å². The van der Waals surface area contributed by atoms with E-state index in [0.29, 0.717) is 5.88 Å². The van der Waals surface area contributed by atoms with Crippen molar-refractivity contribution in [2.45, 2.75) is 11.8 Å². The molecule has 0 amide bonds. The van der Waals surface area contributed by atoms with Crippen molar-refractivity contribution in [1.29, 1.82) is 0 Å². The van der Waals surface area contributed by atoms with Crippen LogP contribution in [0.4, 0.5) is 5.82 Å². The van der Waals surface area contributed by atoms with E-state index in [1.807, 2.05) is 54.9 Å². The minimum absolute atomic E-state index is 0.208. The average Bonchev–Trinajstić information content (AvgIpc) is 2.82. The van der Waals surface area contributed by atoms with Crippen LogP contribution < -0.4 is 9.46 Å². The summed E-state index contributed by atoms with van der Waals surface area (Å²) in [4.78, 5) is 17.6. The molecule has 0 saturated carbocycles. The van der Waals surface area contributed by atoms with Crippen LogP contribution in [0.2, 0.25) is 0 Å². The fraction of sp³-hybridized carbons (Fsp3) is 0.167. The molecule has 0 bridgehead atoms. The van der Waals surface area contributed by atoms with Gasteiger partial charge in [0.25, 0.3) is 0 Å². The Hall–Kier alpha value is -3.85. The van der Waals surface area contributed by atoms with Gasteiger partial charge in [0.05, 0.1) is 19.1 Å². The van der Waals surface area contributed by atoms with E-state index in [1.54, 1.807) is 37.8 Å². The average molecular weight is 462 g/mol. The first-order valence-electron chi connectivity index (χ1n) is 10.2. The molecule has 1 unspecified atom stereocenters. The smallest absolute Gasteiger partial charge is 0.230 e. The van der Waals surface area contributed by atoms with Gasteiger partial charge in [-0.3, -0.25) is 14.7 Å². The Morgan fingerprint density at radius 2 is 1.55 bits per heavy atom. The Kier molecular flexibility index (Phi) is 6.60. The Labute approximate surface area is 192 Å². The van der Waals surface area contributed by atoms with Gasteiger partial charge in [-0.25, -0.2) is 18.4 Å². The van der Waals surface area contributed by atoms with Gasteiger partial charge < -0.3 is 4.74 Å². The summed E-state index contributed by atoms with van der Waals surface area (Å²) in [5, 5.41) is 0. The van der Waals surface area contributed by atoms with E-state index in [-0.39, 0.29) is 17.7 Å². The number of nitrogens with one attached hydrogen (secondary N) is 1. The van der Waals surface area contributed by atoms with Crippen molar-refractivity contribution < 1.29 is 13.2 Å². The first kappa shape index (κ1) is 22.3. The second kappa shape index (κ2) is 9.74. The van der Waals surface area contributed by atoms with E-state index >= 15 is 0 Å². The SMILES string of the molecule is COc1cccc(C(c2ccnc(NS(C)(=O)=O)c2)C(c2cccnc2)c2cccnc2)n1. The van der Waals surface area contributed by atoms with Crippen molar-refractivity contribution in [3.05, 3.63) is 108 Å². The van der Waals surface area contributed by atoms with Crippen molar-refractivity contribution in [2.75, 3.05) is 18.1 Å². The molecule has 1 atom stereocenters. The largest absolute Gasteiger partial charge is 0.481 e. The summed E-state index contributed by atoms with van der Waals surface area (Å²) in [6.45, 7) is 0. The monoisotopic (exact) mass is 461 g/mol.